The van der Waals surface area contributed by atoms with Crippen molar-refractivity contribution >= 4 is 11.8 Å². The van der Waals surface area contributed by atoms with Crippen LogP contribution in [0.5, 0.6) is 0 Å². The molecule has 0 radical (unpaired) electrons. The summed E-state index contributed by atoms with van der Waals surface area (Å²) in [6.07, 6.45) is 3.30. The molecule has 4 heteroatoms. The quantitative estimate of drug-likeness (QED) is 0.825. The van der Waals surface area contributed by atoms with Gasteiger partial charge in [-0.05, 0) is 24.2 Å². The molecule has 0 aromatic carbocycles. The van der Waals surface area contributed by atoms with Gasteiger partial charge in [-0.25, -0.2) is 0 Å². The Balaban J connectivity index is 2.00. The summed E-state index contributed by atoms with van der Waals surface area (Å²) in [5.41, 5.74) is 0.379. The van der Waals surface area contributed by atoms with Crippen LogP contribution in [0, 0.1) is 11.3 Å². The van der Waals surface area contributed by atoms with Crippen LogP contribution in [0.25, 0.3) is 0 Å². The van der Waals surface area contributed by atoms with Crippen molar-refractivity contribution in [2.24, 2.45) is 11.3 Å². The van der Waals surface area contributed by atoms with E-state index in [0.717, 1.165) is 19.4 Å². The van der Waals surface area contributed by atoms with Gasteiger partial charge in [0, 0.05) is 19.5 Å². The van der Waals surface area contributed by atoms with E-state index in [1.165, 1.54) is 6.42 Å². The van der Waals surface area contributed by atoms with E-state index in [9.17, 15) is 9.59 Å². The predicted octanol–water partition coefficient (Wildman–Crippen LogP) is 1.55. The van der Waals surface area contributed by atoms with Crippen LogP contribution in [0.15, 0.2) is 0 Å². The lowest BCUT2D eigenvalue weighted by Gasteiger charge is -2.24. The first-order valence-corrected chi connectivity index (χ1v) is 7.02. The first-order valence-electron chi connectivity index (χ1n) is 7.02. The molecular weight excluding hydrogens is 228 g/mol. The number of hydrogen-bond acceptors (Lipinski definition) is 2. The van der Waals surface area contributed by atoms with Crippen LogP contribution in [0.4, 0.5) is 0 Å². The second-order valence-corrected chi connectivity index (χ2v) is 6.33. The van der Waals surface area contributed by atoms with Crippen molar-refractivity contribution in [1.82, 2.24) is 10.2 Å². The average molecular weight is 252 g/mol. The lowest BCUT2D eigenvalue weighted by Crippen LogP contribution is -2.45. The largest absolute Gasteiger partial charge is 0.344 e. The van der Waals surface area contributed by atoms with E-state index < -0.39 is 0 Å². The van der Waals surface area contributed by atoms with E-state index >= 15 is 0 Å². The number of carbonyl (C=O) groups is 2. The molecule has 1 N–H and O–H groups in total. The number of nitrogens with zero attached hydrogens (tertiary/aromatic N) is 1. The smallest absolute Gasteiger partial charge is 0.245 e. The van der Waals surface area contributed by atoms with Crippen molar-refractivity contribution in [3.05, 3.63) is 0 Å². The van der Waals surface area contributed by atoms with Crippen LogP contribution in [0.1, 0.15) is 46.5 Å². The molecule has 0 bridgehead atoms. The van der Waals surface area contributed by atoms with Crippen LogP contribution in [-0.2, 0) is 9.59 Å². The molecule has 102 valence electrons. The average Bonchev–Trinajstić information content (AvgIpc) is 2.92. The molecular formula is C14H24N2O2. The first kappa shape index (κ1) is 13.4. The summed E-state index contributed by atoms with van der Waals surface area (Å²) in [7, 11) is 0. The molecule has 1 aliphatic carbocycles. The molecule has 2 unspecified atom stereocenters. The Hall–Kier alpha value is -1.06. The summed E-state index contributed by atoms with van der Waals surface area (Å²) in [5.74, 6) is 0.738. The molecule has 4 nitrogen and oxygen atoms in total. The summed E-state index contributed by atoms with van der Waals surface area (Å²) in [5, 5.41) is 2.84. The van der Waals surface area contributed by atoms with Crippen LogP contribution in [0.3, 0.4) is 0 Å². The van der Waals surface area contributed by atoms with Gasteiger partial charge in [0.1, 0.15) is 6.04 Å². The summed E-state index contributed by atoms with van der Waals surface area (Å²) >= 11 is 0. The maximum absolute atomic E-state index is 12.4. The third-order valence-electron chi connectivity index (χ3n) is 4.29. The van der Waals surface area contributed by atoms with Gasteiger partial charge in [0.25, 0.3) is 0 Å². The fourth-order valence-electron chi connectivity index (χ4n) is 2.71. The number of hydrogen-bond donors (Lipinski definition) is 1. The number of rotatable bonds is 4. The zero-order valence-corrected chi connectivity index (χ0v) is 11.7. The fourth-order valence-corrected chi connectivity index (χ4v) is 2.71. The van der Waals surface area contributed by atoms with Gasteiger partial charge < -0.3 is 10.2 Å². The van der Waals surface area contributed by atoms with Crippen molar-refractivity contribution in [1.29, 1.82) is 0 Å². The monoisotopic (exact) mass is 252 g/mol. The van der Waals surface area contributed by atoms with Crippen molar-refractivity contribution in [2.45, 2.75) is 52.5 Å². The Morgan fingerprint density at radius 3 is 2.61 bits per heavy atom. The standard InChI is InChI=1S/C14H24N2O2/c1-4-5-11-13(18)16(7-6-12(17)15-11)9-10-8-14(10,2)3/h10-11H,4-9H2,1-3H3,(H,15,17). The van der Waals surface area contributed by atoms with Crippen molar-refractivity contribution in [2.75, 3.05) is 13.1 Å². The molecule has 2 rings (SSSR count). The minimum absolute atomic E-state index is 0.0133. The summed E-state index contributed by atoms with van der Waals surface area (Å²) in [6.45, 7) is 7.93. The normalized spacial score (nSPS) is 30.9. The highest BCUT2D eigenvalue weighted by molar-refractivity contribution is 5.89. The maximum atomic E-state index is 12.4. The van der Waals surface area contributed by atoms with E-state index in [-0.39, 0.29) is 17.9 Å². The highest BCUT2D eigenvalue weighted by Crippen LogP contribution is 2.51. The van der Waals surface area contributed by atoms with Gasteiger partial charge in [0.15, 0.2) is 0 Å². The van der Waals surface area contributed by atoms with Crippen molar-refractivity contribution in [3.8, 4) is 0 Å². The molecule has 0 aromatic rings. The molecule has 1 saturated heterocycles. The summed E-state index contributed by atoms with van der Waals surface area (Å²) in [6, 6.07) is -0.299. The van der Waals surface area contributed by atoms with E-state index in [1.807, 2.05) is 11.8 Å². The van der Waals surface area contributed by atoms with Crippen LogP contribution in [0.2, 0.25) is 0 Å². The van der Waals surface area contributed by atoms with E-state index in [0.29, 0.717) is 24.3 Å². The topological polar surface area (TPSA) is 49.4 Å². The Kier molecular flexibility index (Phi) is 3.64. The first-order chi connectivity index (χ1) is 8.44. The van der Waals surface area contributed by atoms with Gasteiger partial charge in [-0.3, -0.25) is 9.59 Å². The van der Waals surface area contributed by atoms with Crippen LogP contribution in [-0.4, -0.2) is 35.8 Å². The molecule has 1 aliphatic heterocycles. The highest BCUT2D eigenvalue weighted by atomic mass is 16.2. The Labute approximate surface area is 109 Å². The highest BCUT2D eigenvalue weighted by Gasteiger charge is 2.47. The molecule has 2 amide bonds. The SMILES string of the molecule is CCCC1NC(=O)CCN(CC2CC2(C)C)C1=O. The molecule has 2 atom stereocenters. The summed E-state index contributed by atoms with van der Waals surface area (Å²) < 4.78 is 0. The Morgan fingerprint density at radius 1 is 1.39 bits per heavy atom. The summed E-state index contributed by atoms with van der Waals surface area (Å²) in [4.78, 5) is 25.9. The lowest BCUT2D eigenvalue weighted by molar-refractivity contribution is -0.134. The second kappa shape index (κ2) is 4.90. The van der Waals surface area contributed by atoms with E-state index in [1.54, 1.807) is 0 Å². The number of amides is 2. The Morgan fingerprint density at radius 2 is 2.06 bits per heavy atom. The van der Waals surface area contributed by atoms with Crippen LogP contribution >= 0.6 is 0 Å². The molecule has 2 fully saturated rings. The van der Waals surface area contributed by atoms with E-state index in [2.05, 4.69) is 19.2 Å². The van der Waals surface area contributed by atoms with Gasteiger partial charge in [0.05, 0.1) is 0 Å². The predicted molar refractivity (Wildman–Crippen MR) is 69.9 cm³/mol. The number of carbonyl (C=O) groups excluding carboxylic acids is 2. The zero-order valence-electron chi connectivity index (χ0n) is 11.7. The van der Waals surface area contributed by atoms with Crippen molar-refractivity contribution < 1.29 is 9.59 Å². The molecule has 18 heavy (non-hydrogen) atoms. The minimum Gasteiger partial charge on any atom is -0.344 e. The lowest BCUT2D eigenvalue weighted by atomic mass is 10.1. The van der Waals surface area contributed by atoms with Gasteiger partial charge in [0.2, 0.25) is 11.8 Å². The Bertz CT molecular complexity index is 352. The number of nitrogens with one attached hydrogen (secondary N) is 1. The van der Waals surface area contributed by atoms with E-state index in [4.69, 9.17) is 0 Å². The molecule has 0 aromatic heterocycles. The molecule has 2 aliphatic rings. The fraction of sp³-hybridized carbons (Fsp3) is 0.857. The molecule has 1 heterocycles. The van der Waals surface area contributed by atoms with Gasteiger partial charge in [-0.1, -0.05) is 27.2 Å². The maximum Gasteiger partial charge on any atom is 0.245 e. The molecule has 0 spiro atoms. The minimum atomic E-state index is -0.299. The van der Waals surface area contributed by atoms with Gasteiger partial charge in [-0.2, -0.15) is 0 Å². The van der Waals surface area contributed by atoms with Gasteiger partial charge >= 0.3 is 0 Å². The zero-order chi connectivity index (χ0) is 13.3. The van der Waals surface area contributed by atoms with Crippen molar-refractivity contribution in [3.63, 3.8) is 0 Å². The molecule has 1 saturated carbocycles. The van der Waals surface area contributed by atoms with Gasteiger partial charge in [-0.15, -0.1) is 0 Å². The van der Waals surface area contributed by atoms with Crippen LogP contribution < -0.4 is 5.32 Å². The third kappa shape index (κ3) is 2.85. The third-order valence-corrected chi connectivity index (χ3v) is 4.29. The second-order valence-electron chi connectivity index (χ2n) is 6.33.